The number of halogens is 1. The maximum absolute atomic E-state index is 13.3. The molecule has 0 aliphatic rings. The number of aromatic nitrogens is 1. The Hall–Kier alpha value is -2.21. The molecule has 0 unspecified atom stereocenters. The first-order valence-corrected chi connectivity index (χ1v) is 7.13. The number of amides is 1. The molecule has 2 rings (SSSR count). The van der Waals surface area contributed by atoms with E-state index >= 15 is 0 Å². The first-order chi connectivity index (χ1) is 10.6. The number of ether oxygens (including phenoxy) is 1. The molecular weight excluding hydrogens is 285 g/mol. The van der Waals surface area contributed by atoms with Gasteiger partial charge in [0.15, 0.2) is 0 Å². The van der Waals surface area contributed by atoms with Gasteiger partial charge in [0, 0.05) is 50.6 Å². The summed E-state index contributed by atoms with van der Waals surface area (Å²) in [5, 5.41) is 3.66. The third-order valence-electron chi connectivity index (χ3n) is 3.32. The molecule has 1 heterocycles. The Morgan fingerprint density at radius 1 is 1.41 bits per heavy atom. The zero-order chi connectivity index (χ0) is 15.9. The number of rotatable bonds is 7. The van der Waals surface area contributed by atoms with Crippen LogP contribution in [0.3, 0.4) is 0 Å². The highest BCUT2D eigenvalue weighted by atomic mass is 19.1. The van der Waals surface area contributed by atoms with E-state index in [9.17, 15) is 9.18 Å². The molecule has 0 aliphatic heterocycles. The van der Waals surface area contributed by atoms with Gasteiger partial charge in [-0.25, -0.2) is 4.39 Å². The number of likely N-dealkylation sites (N-methyl/N-ethyl adjacent to an activating group) is 1. The summed E-state index contributed by atoms with van der Waals surface area (Å²) < 4.78 is 18.2. The fraction of sp³-hybridized carbons (Fsp3) is 0.375. The predicted octanol–water partition coefficient (Wildman–Crippen LogP) is 1.96. The van der Waals surface area contributed by atoms with E-state index < -0.39 is 0 Å². The number of fused-ring (bicyclic) bond motifs is 1. The number of carbonyl (C=O) groups is 1. The number of pyridine rings is 1. The lowest BCUT2D eigenvalue weighted by molar-refractivity contribution is -0.119. The summed E-state index contributed by atoms with van der Waals surface area (Å²) in [6, 6.07) is 6.28. The van der Waals surface area contributed by atoms with Gasteiger partial charge in [-0.05, 0) is 24.6 Å². The number of hydrogen-bond acceptors (Lipinski definition) is 4. The fourth-order valence-corrected chi connectivity index (χ4v) is 2.24. The summed E-state index contributed by atoms with van der Waals surface area (Å²) in [6.07, 6.45) is 2.40. The van der Waals surface area contributed by atoms with Crippen molar-refractivity contribution in [1.29, 1.82) is 0 Å². The highest BCUT2D eigenvalue weighted by molar-refractivity contribution is 5.93. The Morgan fingerprint density at radius 3 is 3.00 bits per heavy atom. The van der Waals surface area contributed by atoms with Crippen LogP contribution in [0.4, 0.5) is 10.1 Å². The second kappa shape index (κ2) is 7.70. The molecule has 6 heteroatoms. The average Bonchev–Trinajstić information content (AvgIpc) is 2.50. The molecule has 1 aromatic heterocycles. The van der Waals surface area contributed by atoms with Gasteiger partial charge in [0.2, 0.25) is 5.91 Å². The monoisotopic (exact) mass is 305 g/mol. The Morgan fingerprint density at radius 2 is 2.23 bits per heavy atom. The highest BCUT2D eigenvalue weighted by Gasteiger charge is 2.11. The lowest BCUT2D eigenvalue weighted by Crippen LogP contribution is -2.36. The number of anilines is 1. The van der Waals surface area contributed by atoms with Crippen LogP contribution in [0.5, 0.6) is 0 Å². The van der Waals surface area contributed by atoms with Crippen molar-refractivity contribution in [2.45, 2.75) is 6.42 Å². The molecular formula is C16H20FN3O2. The minimum Gasteiger partial charge on any atom is -0.385 e. The normalized spacial score (nSPS) is 10.7. The number of carbonyl (C=O) groups excluding carboxylic acids is 1. The fourth-order valence-electron chi connectivity index (χ4n) is 2.24. The molecule has 22 heavy (non-hydrogen) atoms. The molecule has 0 saturated carbocycles. The Kier molecular flexibility index (Phi) is 5.66. The van der Waals surface area contributed by atoms with E-state index in [0.29, 0.717) is 18.7 Å². The van der Waals surface area contributed by atoms with Crippen molar-refractivity contribution in [1.82, 2.24) is 10.3 Å². The van der Waals surface area contributed by atoms with Gasteiger partial charge in [-0.3, -0.25) is 9.78 Å². The van der Waals surface area contributed by atoms with E-state index in [1.807, 2.05) is 18.0 Å². The van der Waals surface area contributed by atoms with Gasteiger partial charge in [0.1, 0.15) is 5.82 Å². The summed E-state index contributed by atoms with van der Waals surface area (Å²) in [7, 11) is 3.46. The second-order valence-electron chi connectivity index (χ2n) is 5.04. The van der Waals surface area contributed by atoms with E-state index in [0.717, 1.165) is 17.5 Å². The molecule has 0 bridgehead atoms. The van der Waals surface area contributed by atoms with Gasteiger partial charge in [-0.15, -0.1) is 0 Å². The summed E-state index contributed by atoms with van der Waals surface area (Å²) in [5.41, 5.74) is 1.42. The first-order valence-electron chi connectivity index (χ1n) is 7.13. The quantitative estimate of drug-likeness (QED) is 0.795. The summed E-state index contributed by atoms with van der Waals surface area (Å²) in [5.74, 6) is -0.388. The molecule has 118 valence electrons. The van der Waals surface area contributed by atoms with Gasteiger partial charge in [0.25, 0.3) is 0 Å². The van der Waals surface area contributed by atoms with Crippen LogP contribution in [-0.2, 0) is 9.53 Å². The van der Waals surface area contributed by atoms with Crippen molar-refractivity contribution in [2.75, 3.05) is 38.8 Å². The molecule has 0 spiro atoms. The maximum atomic E-state index is 13.3. The lowest BCUT2D eigenvalue weighted by Gasteiger charge is -2.20. The molecule has 0 saturated heterocycles. The van der Waals surface area contributed by atoms with Crippen LogP contribution in [0.25, 0.3) is 10.9 Å². The van der Waals surface area contributed by atoms with Gasteiger partial charge < -0.3 is 15.0 Å². The number of hydrogen-bond donors (Lipinski definition) is 1. The lowest BCUT2D eigenvalue weighted by atomic mass is 10.1. The van der Waals surface area contributed by atoms with Crippen molar-refractivity contribution in [2.24, 2.45) is 0 Å². The average molecular weight is 305 g/mol. The molecule has 0 fully saturated rings. The largest absolute Gasteiger partial charge is 0.385 e. The predicted molar refractivity (Wildman–Crippen MR) is 84.5 cm³/mol. The van der Waals surface area contributed by atoms with Gasteiger partial charge >= 0.3 is 0 Å². The highest BCUT2D eigenvalue weighted by Crippen LogP contribution is 2.24. The number of methoxy groups -OCH3 is 1. The molecule has 2 aromatic rings. The molecule has 1 amide bonds. The standard InChI is InChI=1S/C16H20FN3O2/c1-20(11-16(21)19-7-3-9-22-2)15-6-8-18-14-10-12(17)4-5-13(14)15/h4-6,8,10H,3,7,9,11H2,1-2H3,(H,19,21). The Labute approximate surface area is 129 Å². The van der Waals surface area contributed by atoms with Crippen LogP contribution in [-0.4, -0.2) is 44.7 Å². The summed E-state index contributed by atoms with van der Waals surface area (Å²) >= 11 is 0. The molecule has 1 aromatic carbocycles. The third-order valence-corrected chi connectivity index (χ3v) is 3.32. The molecule has 5 nitrogen and oxygen atoms in total. The smallest absolute Gasteiger partial charge is 0.239 e. The van der Waals surface area contributed by atoms with Crippen LogP contribution in [0, 0.1) is 5.82 Å². The Bertz CT molecular complexity index is 648. The van der Waals surface area contributed by atoms with Crippen molar-refractivity contribution in [3.8, 4) is 0 Å². The van der Waals surface area contributed by atoms with Crippen LogP contribution < -0.4 is 10.2 Å². The summed E-state index contributed by atoms with van der Waals surface area (Å²) in [6.45, 7) is 1.43. The Balaban J connectivity index is 2.03. The molecule has 0 aliphatic carbocycles. The van der Waals surface area contributed by atoms with E-state index in [1.54, 1.807) is 19.4 Å². The number of benzene rings is 1. The third kappa shape index (κ3) is 4.14. The minimum absolute atomic E-state index is 0.0642. The first kappa shape index (κ1) is 16.2. The van der Waals surface area contributed by atoms with Crippen molar-refractivity contribution < 1.29 is 13.9 Å². The van der Waals surface area contributed by atoms with E-state index in [4.69, 9.17) is 4.74 Å². The van der Waals surface area contributed by atoms with Crippen LogP contribution in [0.2, 0.25) is 0 Å². The zero-order valence-electron chi connectivity index (χ0n) is 12.8. The van der Waals surface area contributed by atoms with E-state index in [2.05, 4.69) is 10.3 Å². The second-order valence-corrected chi connectivity index (χ2v) is 5.04. The molecule has 1 N–H and O–H groups in total. The SMILES string of the molecule is COCCCNC(=O)CN(C)c1ccnc2cc(F)ccc12. The maximum Gasteiger partial charge on any atom is 0.239 e. The van der Waals surface area contributed by atoms with Crippen LogP contribution in [0.1, 0.15) is 6.42 Å². The van der Waals surface area contributed by atoms with E-state index in [1.165, 1.54) is 12.1 Å². The van der Waals surface area contributed by atoms with Gasteiger partial charge in [0.05, 0.1) is 12.1 Å². The van der Waals surface area contributed by atoms with Crippen molar-refractivity contribution >= 4 is 22.5 Å². The van der Waals surface area contributed by atoms with Gasteiger partial charge in [-0.2, -0.15) is 0 Å². The number of nitrogens with one attached hydrogen (secondary N) is 1. The topological polar surface area (TPSA) is 54.5 Å². The van der Waals surface area contributed by atoms with Crippen molar-refractivity contribution in [3.05, 3.63) is 36.3 Å². The van der Waals surface area contributed by atoms with Crippen molar-refractivity contribution in [3.63, 3.8) is 0 Å². The summed E-state index contributed by atoms with van der Waals surface area (Å²) in [4.78, 5) is 17.9. The molecule has 0 radical (unpaired) electrons. The number of nitrogens with zero attached hydrogens (tertiary/aromatic N) is 2. The molecule has 0 atom stereocenters. The minimum atomic E-state index is -0.323. The van der Waals surface area contributed by atoms with Crippen LogP contribution >= 0.6 is 0 Å². The zero-order valence-corrected chi connectivity index (χ0v) is 12.8. The van der Waals surface area contributed by atoms with Gasteiger partial charge in [-0.1, -0.05) is 0 Å². The van der Waals surface area contributed by atoms with E-state index in [-0.39, 0.29) is 18.3 Å². The van der Waals surface area contributed by atoms with Crippen LogP contribution in [0.15, 0.2) is 30.5 Å².